The zero-order valence-corrected chi connectivity index (χ0v) is 28.7. The van der Waals surface area contributed by atoms with E-state index in [-0.39, 0.29) is 30.4 Å². The normalized spacial score (nSPS) is 26.6. The standard InChI is InChI=1S/C44H33ClN2O5/c1-2-25-15-18-29(19-16-25)46-40(49)33-22-21-32-35(37(33)42(46)51)24-36-41(50)47(30-13-8-12-28(45)23-30)43(52)44(36,27-10-4-3-5-11-27)38(32)34-20-17-26-9-6-7-14-31(26)39(34)48/h2-21,23,33,35-38,48H,1,22,24H2/t33-,35+,36-,37-,38+,44+/m0/s1. The van der Waals surface area contributed by atoms with E-state index in [4.69, 9.17) is 11.6 Å². The average molecular weight is 705 g/mol. The summed E-state index contributed by atoms with van der Waals surface area (Å²) in [6, 6.07) is 34.4. The van der Waals surface area contributed by atoms with Crippen molar-refractivity contribution in [1.29, 1.82) is 0 Å². The monoisotopic (exact) mass is 704 g/mol. The third-order valence-corrected chi connectivity index (χ3v) is 12.0. The van der Waals surface area contributed by atoms with Gasteiger partial charge in [0.25, 0.3) is 0 Å². The number of benzene rings is 5. The van der Waals surface area contributed by atoms with Crippen LogP contribution in [0, 0.1) is 23.7 Å². The average Bonchev–Trinajstić information content (AvgIpc) is 3.56. The molecule has 4 amide bonds. The molecule has 5 aromatic rings. The van der Waals surface area contributed by atoms with E-state index in [0.717, 1.165) is 16.5 Å². The van der Waals surface area contributed by atoms with Gasteiger partial charge in [0.1, 0.15) is 5.75 Å². The number of hydrogen-bond acceptors (Lipinski definition) is 5. The maximum absolute atomic E-state index is 15.5. The third-order valence-electron chi connectivity index (χ3n) is 11.8. The molecule has 7 nitrogen and oxygen atoms in total. The van der Waals surface area contributed by atoms with Crippen LogP contribution in [0.4, 0.5) is 11.4 Å². The van der Waals surface area contributed by atoms with Crippen molar-refractivity contribution in [3.63, 3.8) is 0 Å². The molecule has 6 atom stereocenters. The molecule has 0 aromatic heterocycles. The van der Waals surface area contributed by atoms with E-state index >= 15 is 4.79 Å². The number of phenols is 1. The van der Waals surface area contributed by atoms with Crippen molar-refractivity contribution in [2.24, 2.45) is 23.7 Å². The molecule has 2 saturated heterocycles. The minimum Gasteiger partial charge on any atom is -0.507 e. The number of fused-ring (bicyclic) bond motifs is 5. The molecule has 2 aliphatic carbocycles. The maximum Gasteiger partial charge on any atom is 0.246 e. The predicted octanol–water partition coefficient (Wildman–Crippen LogP) is 8.21. The van der Waals surface area contributed by atoms with Crippen LogP contribution in [-0.4, -0.2) is 28.7 Å². The zero-order valence-electron chi connectivity index (χ0n) is 28.0. The summed E-state index contributed by atoms with van der Waals surface area (Å²) in [7, 11) is 0. The van der Waals surface area contributed by atoms with Gasteiger partial charge in [0.05, 0.1) is 34.5 Å². The fraction of sp³-hybridized carbons (Fsp3) is 0.182. The number of amides is 4. The Hall–Kier alpha value is -5.79. The van der Waals surface area contributed by atoms with Gasteiger partial charge in [0.2, 0.25) is 23.6 Å². The fourth-order valence-electron chi connectivity index (χ4n) is 9.61. The van der Waals surface area contributed by atoms with Gasteiger partial charge in [-0.15, -0.1) is 0 Å². The number of halogens is 1. The van der Waals surface area contributed by atoms with Gasteiger partial charge < -0.3 is 5.11 Å². The van der Waals surface area contributed by atoms with E-state index in [1.165, 1.54) is 9.80 Å². The quantitative estimate of drug-likeness (QED) is 0.147. The van der Waals surface area contributed by atoms with Gasteiger partial charge in [-0.1, -0.05) is 121 Å². The van der Waals surface area contributed by atoms with Crippen molar-refractivity contribution in [2.45, 2.75) is 24.2 Å². The third kappa shape index (κ3) is 4.38. The molecule has 0 spiro atoms. The highest BCUT2D eigenvalue weighted by Crippen LogP contribution is 2.65. The van der Waals surface area contributed by atoms with Gasteiger partial charge in [-0.3, -0.25) is 24.1 Å². The second-order valence-corrected chi connectivity index (χ2v) is 14.6. The fourth-order valence-corrected chi connectivity index (χ4v) is 9.79. The molecule has 1 N–H and O–H groups in total. The molecule has 2 aliphatic heterocycles. The Balaban J connectivity index is 1.28. The highest BCUT2D eigenvalue weighted by atomic mass is 35.5. The first-order valence-electron chi connectivity index (χ1n) is 17.5. The number of hydrogen-bond donors (Lipinski definition) is 1. The van der Waals surface area contributed by atoms with E-state index in [1.54, 1.807) is 42.5 Å². The highest BCUT2D eigenvalue weighted by molar-refractivity contribution is 6.32. The second-order valence-electron chi connectivity index (χ2n) is 14.1. The summed E-state index contributed by atoms with van der Waals surface area (Å²) in [5.41, 5.74) is 2.12. The Morgan fingerprint density at radius 1 is 0.750 bits per heavy atom. The number of anilines is 2. The topological polar surface area (TPSA) is 95.0 Å². The van der Waals surface area contributed by atoms with Crippen LogP contribution in [0.5, 0.6) is 5.75 Å². The molecule has 52 heavy (non-hydrogen) atoms. The molecule has 0 bridgehead atoms. The summed E-state index contributed by atoms with van der Waals surface area (Å²) in [6.07, 6.45) is 4.14. The molecule has 2 heterocycles. The molecule has 9 rings (SSSR count). The summed E-state index contributed by atoms with van der Waals surface area (Å²) < 4.78 is 0. The smallest absolute Gasteiger partial charge is 0.246 e. The zero-order chi connectivity index (χ0) is 35.9. The Labute approximate surface area is 305 Å². The van der Waals surface area contributed by atoms with Gasteiger partial charge >= 0.3 is 0 Å². The minimum absolute atomic E-state index is 0.0139. The maximum atomic E-state index is 15.5. The van der Waals surface area contributed by atoms with Crippen molar-refractivity contribution >= 4 is 63.5 Å². The Kier molecular flexibility index (Phi) is 7.35. The molecule has 0 unspecified atom stereocenters. The van der Waals surface area contributed by atoms with Crippen LogP contribution < -0.4 is 9.80 Å². The number of carbonyl (C=O) groups excluding carboxylic acids is 4. The first-order chi connectivity index (χ1) is 25.2. The van der Waals surface area contributed by atoms with Gasteiger partial charge in [-0.2, -0.15) is 0 Å². The van der Waals surface area contributed by atoms with Crippen LogP contribution in [0.3, 0.4) is 0 Å². The Morgan fingerprint density at radius 2 is 1.50 bits per heavy atom. The van der Waals surface area contributed by atoms with Crippen LogP contribution in [0.25, 0.3) is 16.8 Å². The number of allylic oxidation sites excluding steroid dienone is 2. The van der Waals surface area contributed by atoms with Gasteiger partial charge in [-0.25, -0.2) is 4.90 Å². The Morgan fingerprint density at radius 3 is 2.25 bits per heavy atom. The summed E-state index contributed by atoms with van der Waals surface area (Å²) in [4.78, 5) is 61.7. The molecule has 5 aromatic carbocycles. The van der Waals surface area contributed by atoms with Gasteiger partial charge in [0, 0.05) is 21.9 Å². The van der Waals surface area contributed by atoms with E-state index in [9.17, 15) is 19.5 Å². The Bertz CT molecular complexity index is 2390. The lowest BCUT2D eigenvalue weighted by molar-refractivity contribution is -0.127. The van der Waals surface area contributed by atoms with Crippen molar-refractivity contribution in [3.8, 4) is 5.75 Å². The molecule has 256 valence electrons. The molecular weight excluding hydrogens is 672 g/mol. The number of rotatable bonds is 5. The number of imide groups is 2. The van der Waals surface area contributed by atoms with Crippen LogP contribution in [0.15, 0.2) is 133 Å². The molecule has 1 saturated carbocycles. The van der Waals surface area contributed by atoms with Crippen molar-refractivity contribution in [3.05, 3.63) is 155 Å². The van der Waals surface area contributed by atoms with Gasteiger partial charge in [-0.05, 0) is 65.6 Å². The SMILES string of the molecule is C=Cc1ccc(N2C(=O)[C@H]3[C@H](CC=C4[C@H]3C[C@H]3C(=O)N(c5cccc(Cl)c5)C(=O)[C@@]3(c3ccccc3)[C@H]4c3ccc4ccccc4c3O)C2=O)cc1. The molecule has 8 heteroatoms. The lowest BCUT2D eigenvalue weighted by atomic mass is 9.49. The predicted molar refractivity (Wildman–Crippen MR) is 201 cm³/mol. The number of phenolic OH excluding ortho intramolecular Hbond substituents is 1. The number of nitrogens with zero attached hydrogens (tertiary/aromatic N) is 2. The second kappa shape index (κ2) is 11.9. The number of carbonyl (C=O) groups is 4. The van der Waals surface area contributed by atoms with Crippen LogP contribution >= 0.6 is 11.6 Å². The molecule has 0 radical (unpaired) electrons. The number of aromatic hydroxyl groups is 1. The van der Waals surface area contributed by atoms with E-state index < -0.39 is 46.8 Å². The van der Waals surface area contributed by atoms with Crippen LogP contribution in [-0.2, 0) is 24.6 Å². The van der Waals surface area contributed by atoms with Gasteiger partial charge in [0.15, 0.2) is 0 Å². The van der Waals surface area contributed by atoms with E-state index in [1.807, 2.05) is 84.9 Å². The first-order valence-corrected chi connectivity index (χ1v) is 17.8. The lowest BCUT2D eigenvalue weighted by Crippen LogP contribution is -2.53. The highest BCUT2D eigenvalue weighted by Gasteiger charge is 2.70. The largest absolute Gasteiger partial charge is 0.507 e. The first kappa shape index (κ1) is 32.1. The van der Waals surface area contributed by atoms with Crippen molar-refractivity contribution < 1.29 is 24.3 Å². The van der Waals surface area contributed by atoms with Crippen molar-refractivity contribution in [2.75, 3.05) is 9.80 Å². The molecule has 3 fully saturated rings. The van der Waals surface area contributed by atoms with Crippen LogP contribution in [0.2, 0.25) is 5.02 Å². The summed E-state index contributed by atoms with van der Waals surface area (Å²) in [5.74, 6) is -5.13. The summed E-state index contributed by atoms with van der Waals surface area (Å²) in [5, 5.41) is 14.0. The van der Waals surface area contributed by atoms with Crippen molar-refractivity contribution in [1.82, 2.24) is 0 Å². The summed E-state index contributed by atoms with van der Waals surface area (Å²) in [6.45, 7) is 3.81. The molecule has 4 aliphatic rings. The lowest BCUT2D eigenvalue weighted by Gasteiger charge is -2.50. The minimum atomic E-state index is -1.48. The van der Waals surface area contributed by atoms with Crippen LogP contribution in [0.1, 0.15) is 35.4 Å². The van der Waals surface area contributed by atoms with E-state index in [2.05, 4.69) is 6.58 Å². The summed E-state index contributed by atoms with van der Waals surface area (Å²) >= 11 is 6.42. The molecular formula is C44H33ClN2O5. The van der Waals surface area contributed by atoms with E-state index in [0.29, 0.717) is 32.9 Å².